The number of aromatic nitrogens is 3. The van der Waals surface area contributed by atoms with Gasteiger partial charge in [-0.05, 0) is 43.7 Å². The molecule has 0 radical (unpaired) electrons. The average molecular weight is 396 g/mol. The molecule has 29 heavy (non-hydrogen) atoms. The largest absolute Gasteiger partial charge is 0.378 e. The maximum atomic E-state index is 13.4. The van der Waals surface area contributed by atoms with Gasteiger partial charge in [-0.15, -0.1) is 0 Å². The number of urea groups is 1. The monoisotopic (exact) mass is 395 g/mol. The molecule has 0 spiro atoms. The van der Waals surface area contributed by atoms with Gasteiger partial charge in [-0.1, -0.05) is 12.5 Å². The molecule has 2 amide bonds. The fourth-order valence-corrected chi connectivity index (χ4v) is 5.40. The topological polar surface area (TPSA) is 63.5 Å². The third kappa shape index (κ3) is 3.21. The van der Waals surface area contributed by atoms with E-state index in [1.54, 1.807) is 4.68 Å². The van der Waals surface area contributed by atoms with E-state index in [0.29, 0.717) is 12.6 Å². The van der Waals surface area contributed by atoms with Crippen LogP contribution in [0.25, 0.3) is 11.3 Å². The van der Waals surface area contributed by atoms with E-state index < -0.39 is 0 Å². The van der Waals surface area contributed by atoms with E-state index in [1.165, 1.54) is 6.42 Å². The lowest BCUT2D eigenvalue weighted by Gasteiger charge is -2.37. The number of carbonyl (C=O) groups is 1. The number of hydrogen-bond donors (Lipinski definition) is 0. The smallest absolute Gasteiger partial charge is 0.325 e. The summed E-state index contributed by atoms with van der Waals surface area (Å²) in [5, 5.41) is 4.25. The second kappa shape index (κ2) is 7.13. The molecule has 7 heteroatoms. The van der Waals surface area contributed by atoms with Crippen molar-refractivity contribution in [1.29, 1.82) is 0 Å². The van der Waals surface area contributed by atoms with Crippen molar-refractivity contribution in [3.8, 4) is 11.3 Å². The van der Waals surface area contributed by atoms with Gasteiger partial charge in [-0.3, -0.25) is 9.58 Å². The Kier molecular flexibility index (Phi) is 4.57. The number of carbonyl (C=O) groups excluding carboxylic acids is 1. The minimum Gasteiger partial charge on any atom is -0.378 e. The van der Waals surface area contributed by atoms with Gasteiger partial charge in [0, 0.05) is 51.0 Å². The molecule has 1 aliphatic carbocycles. The zero-order valence-corrected chi connectivity index (χ0v) is 17.3. The Labute approximate surface area is 171 Å². The highest BCUT2D eigenvalue weighted by Gasteiger charge is 2.48. The Morgan fingerprint density at radius 1 is 1.34 bits per heavy atom. The number of nitrogens with zero attached hydrogens (tertiary/aromatic N) is 5. The van der Waals surface area contributed by atoms with E-state index in [0.717, 1.165) is 67.9 Å². The lowest BCUT2D eigenvalue weighted by atomic mass is 9.82. The summed E-state index contributed by atoms with van der Waals surface area (Å²) in [7, 11) is 3.83. The van der Waals surface area contributed by atoms with Gasteiger partial charge in [0.2, 0.25) is 0 Å². The van der Waals surface area contributed by atoms with Crippen molar-refractivity contribution in [1.82, 2.24) is 19.7 Å². The lowest BCUT2D eigenvalue weighted by molar-refractivity contribution is 0.0590. The summed E-state index contributed by atoms with van der Waals surface area (Å²) >= 11 is 0. The molecule has 0 aromatic carbocycles. The number of anilines is 1. The molecule has 0 N–H and O–H groups in total. The number of fused-ring (bicyclic) bond motifs is 2. The van der Waals surface area contributed by atoms with Crippen LogP contribution >= 0.6 is 0 Å². The van der Waals surface area contributed by atoms with Crippen molar-refractivity contribution < 1.29 is 9.53 Å². The van der Waals surface area contributed by atoms with Crippen LogP contribution in [0, 0.1) is 5.41 Å². The SMILES string of the molecule is CN(C[C@]12CCC[C@H]1OCC2)C(=O)N1CCCc2ccc(-c3cnn(C)c3)nc21. The maximum Gasteiger partial charge on any atom is 0.325 e. The van der Waals surface area contributed by atoms with Crippen LogP contribution in [0.5, 0.6) is 0 Å². The Morgan fingerprint density at radius 3 is 3.07 bits per heavy atom. The van der Waals surface area contributed by atoms with Crippen LogP contribution in [0.1, 0.15) is 37.7 Å². The predicted octanol–water partition coefficient (Wildman–Crippen LogP) is 3.25. The van der Waals surface area contributed by atoms with Gasteiger partial charge in [0.1, 0.15) is 5.82 Å². The van der Waals surface area contributed by atoms with Crippen LogP contribution in [0.3, 0.4) is 0 Å². The standard InChI is InChI=1S/C22H29N5O2/c1-25(15-22-9-3-6-19(22)29-12-10-22)21(28)27-11-4-5-16-7-8-18(24-20(16)27)17-13-23-26(2)14-17/h7-8,13-14,19H,3-6,9-12,15H2,1-2H3/t19-,22-/m1/s1. The Bertz CT molecular complexity index is 914. The second-order valence-corrected chi connectivity index (χ2v) is 8.84. The molecule has 5 rings (SSSR count). The highest BCUT2D eigenvalue weighted by Crippen LogP contribution is 2.47. The van der Waals surface area contributed by atoms with Gasteiger partial charge < -0.3 is 9.64 Å². The highest BCUT2D eigenvalue weighted by molar-refractivity contribution is 5.92. The van der Waals surface area contributed by atoms with Crippen molar-refractivity contribution in [3.05, 3.63) is 30.1 Å². The molecule has 0 bridgehead atoms. The Hall–Kier alpha value is -2.41. The molecule has 1 saturated carbocycles. The summed E-state index contributed by atoms with van der Waals surface area (Å²) in [5.74, 6) is 0.803. The first-order valence-corrected chi connectivity index (χ1v) is 10.7. The summed E-state index contributed by atoms with van der Waals surface area (Å²) < 4.78 is 7.73. The van der Waals surface area contributed by atoms with Crippen molar-refractivity contribution in [2.75, 3.05) is 31.6 Å². The molecule has 3 aliphatic rings. The van der Waals surface area contributed by atoms with Gasteiger partial charge in [0.25, 0.3) is 0 Å². The third-order valence-corrected chi connectivity index (χ3v) is 6.89. The van der Waals surface area contributed by atoms with Gasteiger partial charge in [-0.25, -0.2) is 9.78 Å². The summed E-state index contributed by atoms with van der Waals surface area (Å²) in [6.07, 6.45) is 10.6. The van der Waals surface area contributed by atoms with E-state index in [4.69, 9.17) is 9.72 Å². The van der Waals surface area contributed by atoms with E-state index >= 15 is 0 Å². The Morgan fingerprint density at radius 2 is 2.24 bits per heavy atom. The molecule has 2 aromatic heterocycles. The summed E-state index contributed by atoms with van der Waals surface area (Å²) in [4.78, 5) is 22.1. The lowest BCUT2D eigenvalue weighted by Crippen LogP contribution is -2.48. The molecule has 2 fully saturated rings. The van der Waals surface area contributed by atoms with E-state index in [1.807, 2.05) is 42.4 Å². The van der Waals surface area contributed by atoms with Gasteiger partial charge in [0.15, 0.2) is 0 Å². The van der Waals surface area contributed by atoms with Gasteiger partial charge >= 0.3 is 6.03 Å². The zero-order chi connectivity index (χ0) is 20.0. The molecule has 4 heterocycles. The fraction of sp³-hybridized carbons (Fsp3) is 0.591. The predicted molar refractivity (Wildman–Crippen MR) is 111 cm³/mol. The number of rotatable bonds is 3. The van der Waals surface area contributed by atoms with Crippen LogP contribution in [0.2, 0.25) is 0 Å². The van der Waals surface area contributed by atoms with Crippen molar-refractivity contribution in [2.45, 2.75) is 44.6 Å². The van der Waals surface area contributed by atoms with E-state index in [9.17, 15) is 4.79 Å². The molecule has 2 aliphatic heterocycles. The van der Waals surface area contributed by atoms with Crippen molar-refractivity contribution in [3.63, 3.8) is 0 Å². The minimum absolute atomic E-state index is 0.0497. The number of aryl methyl sites for hydroxylation is 2. The fourth-order valence-electron chi connectivity index (χ4n) is 5.40. The van der Waals surface area contributed by atoms with Crippen LogP contribution in [-0.4, -0.2) is 58.5 Å². The summed E-state index contributed by atoms with van der Waals surface area (Å²) in [5.41, 5.74) is 3.12. The number of ether oxygens (including phenoxy) is 1. The molecule has 2 atom stereocenters. The van der Waals surface area contributed by atoms with E-state index in [-0.39, 0.29) is 11.4 Å². The number of pyridine rings is 1. The number of hydrogen-bond acceptors (Lipinski definition) is 4. The average Bonchev–Trinajstić information content (AvgIpc) is 3.42. The summed E-state index contributed by atoms with van der Waals surface area (Å²) in [6, 6.07) is 4.19. The van der Waals surface area contributed by atoms with Crippen LogP contribution in [-0.2, 0) is 18.2 Å². The molecule has 0 unspecified atom stereocenters. The molecule has 154 valence electrons. The normalized spacial score (nSPS) is 25.7. The van der Waals surface area contributed by atoms with Crippen LogP contribution < -0.4 is 4.90 Å². The van der Waals surface area contributed by atoms with Gasteiger partial charge in [0.05, 0.1) is 18.0 Å². The molecule has 7 nitrogen and oxygen atoms in total. The first-order valence-electron chi connectivity index (χ1n) is 10.7. The van der Waals surface area contributed by atoms with E-state index in [2.05, 4.69) is 11.2 Å². The first-order chi connectivity index (χ1) is 14.1. The van der Waals surface area contributed by atoms with Crippen LogP contribution in [0.4, 0.5) is 10.6 Å². The Balaban J connectivity index is 1.39. The first kappa shape index (κ1) is 18.6. The minimum atomic E-state index is 0.0497. The molecule has 2 aromatic rings. The quantitative estimate of drug-likeness (QED) is 0.800. The van der Waals surface area contributed by atoms with Crippen molar-refractivity contribution in [2.24, 2.45) is 12.5 Å². The maximum absolute atomic E-state index is 13.4. The van der Waals surface area contributed by atoms with Crippen LogP contribution in [0.15, 0.2) is 24.5 Å². The molecule has 1 saturated heterocycles. The van der Waals surface area contributed by atoms with Gasteiger partial charge in [-0.2, -0.15) is 5.10 Å². The molecular formula is C22H29N5O2. The second-order valence-electron chi connectivity index (χ2n) is 8.84. The summed E-state index contributed by atoms with van der Waals surface area (Å²) in [6.45, 7) is 2.31. The third-order valence-electron chi connectivity index (χ3n) is 6.89. The zero-order valence-electron chi connectivity index (χ0n) is 17.3. The highest BCUT2D eigenvalue weighted by atomic mass is 16.5. The van der Waals surface area contributed by atoms with Crippen molar-refractivity contribution >= 4 is 11.8 Å². The number of amides is 2. The molecular weight excluding hydrogens is 366 g/mol.